The molecule has 9 heteroatoms. The molecule has 4 rings (SSSR count). The zero-order chi connectivity index (χ0) is 29.7. The summed E-state index contributed by atoms with van der Waals surface area (Å²) < 4.78 is 21.9. The van der Waals surface area contributed by atoms with Gasteiger partial charge in [0.25, 0.3) is 0 Å². The Labute approximate surface area is 248 Å². The van der Waals surface area contributed by atoms with E-state index in [2.05, 4.69) is 4.90 Å². The Hall–Kier alpha value is -3.82. The van der Waals surface area contributed by atoms with Crippen LogP contribution in [0.3, 0.4) is 0 Å². The van der Waals surface area contributed by atoms with E-state index in [0.717, 1.165) is 24.2 Å². The number of amides is 2. The van der Waals surface area contributed by atoms with E-state index in [4.69, 9.17) is 18.6 Å². The molecule has 0 spiro atoms. The van der Waals surface area contributed by atoms with E-state index in [9.17, 15) is 9.59 Å². The first-order chi connectivity index (χ1) is 20.5. The highest BCUT2D eigenvalue weighted by Crippen LogP contribution is 2.28. The van der Waals surface area contributed by atoms with E-state index < -0.39 is 0 Å². The van der Waals surface area contributed by atoms with Crippen LogP contribution in [0, 0.1) is 0 Å². The summed E-state index contributed by atoms with van der Waals surface area (Å²) in [6, 6.07) is 19.3. The standard InChI is InChI=1S/C33H43N3O6/c1-4-29(27-9-6-5-7-10-27)33(38)36(17-16-34-18-21-41-22-19-34)25-32(37)35(24-28-11-8-20-42-28)15-14-26-12-13-30(39-2)31(23-26)40-3/h5-13,20,23,29H,4,14-19,21-22,24-25H2,1-3H3. The van der Waals surface area contributed by atoms with Gasteiger partial charge >= 0.3 is 0 Å². The van der Waals surface area contributed by atoms with Gasteiger partial charge in [0.15, 0.2) is 11.5 Å². The topological polar surface area (TPSA) is 84.7 Å². The Kier molecular flexibility index (Phi) is 11.8. The van der Waals surface area contributed by atoms with Gasteiger partial charge in [-0.1, -0.05) is 43.3 Å². The molecular formula is C33H43N3O6. The van der Waals surface area contributed by atoms with Crippen LogP contribution >= 0.6 is 0 Å². The molecule has 2 heterocycles. The quantitative estimate of drug-likeness (QED) is 0.267. The predicted molar refractivity (Wildman–Crippen MR) is 161 cm³/mol. The number of nitrogens with zero attached hydrogens (tertiary/aromatic N) is 3. The summed E-state index contributed by atoms with van der Waals surface area (Å²) in [6.45, 7) is 6.96. The Morgan fingerprint density at radius 1 is 0.929 bits per heavy atom. The number of ether oxygens (including phenoxy) is 3. The van der Waals surface area contributed by atoms with Crippen LogP contribution in [0.15, 0.2) is 71.3 Å². The van der Waals surface area contributed by atoms with E-state index in [0.29, 0.717) is 69.5 Å². The van der Waals surface area contributed by atoms with Gasteiger partial charge in [0, 0.05) is 32.7 Å². The molecule has 2 amide bonds. The Bertz CT molecular complexity index is 1240. The van der Waals surface area contributed by atoms with Crippen LogP contribution < -0.4 is 9.47 Å². The minimum absolute atomic E-state index is 0.000844. The zero-order valence-electron chi connectivity index (χ0n) is 25.0. The van der Waals surface area contributed by atoms with E-state index in [1.165, 1.54) is 0 Å². The highest BCUT2D eigenvalue weighted by atomic mass is 16.5. The fraction of sp³-hybridized carbons (Fsp3) is 0.455. The normalized spacial score (nSPS) is 14.3. The molecule has 226 valence electrons. The second-order valence-electron chi connectivity index (χ2n) is 10.4. The highest BCUT2D eigenvalue weighted by Gasteiger charge is 2.28. The van der Waals surface area contributed by atoms with E-state index >= 15 is 0 Å². The first-order valence-corrected chi connectivity index (χ1v) is 14.7. The van der Waals surface area contributed by atoms with Crippen molar-refractivity contribution in [2.45, 2.75) is 32.2 Å². The summed E-state index contributed by atoms with van der Waals surface area (Å²) in [4.78, 5) is 33.7. The number of methoxy groups -OCH3 is 2. The Morgan fingerprint density at radius 2 is 1.69 bits per heavy atom. The Morgan fingerprint density at radius 3 is 2.36 bits per heavy atom. The molecule has 1 unspecified atom stereocenters. The second kappa shape index (κ2) is 16.0. The lowest BCUT2D eigenvalue weighted by atomic mass is 9.95. The van der Waals surface area contributed by atoms with Gasteiger partial charge < -0.3 is 28.4 Å². The molecule has 1 saturated heterocycles. The van der Waals surface area contributed by atoms with Crippen molar-refractivity contribution in [3.8, 4) is 11.5 Å². The smallest absolute Gasteiger partial charge is 0.242 e. The zero-order valence-corrected chi connectivity index (χ0v) is 25.0. The number of morpholine rings is 1. The summed E-state index contributed by atoms with van der Waals surface area (Å²) in [5.74, 6) is 1.54. The molecule has 3 aromatic rings. The minimum Gasteiger partial charge on any atom is -0.493 e. The molecule has 0 aliphatic carbocycles. The third kappa shape index (κ3) is 8.59. The SMILES string of the molecule is CCC(C(=O)N(CCN1CCOCC1)CC(=O)N(CCc1ccc(OC)c(OC)c1)Cc1ccco1)c1ccccc1. The predicted octanol–water partition coefficient (Wildman–Crippen LogP) is 4.22. The maximum absolute atomic E-state index is 14.0. The third-order valence-corrected chi connectivity index (χ3v) is 7.73. The molecular weight excluding hydrogens is 534 g/mol. The molecule has 0 N–H and O–H groups in total. The minimum atomic E-state index is -0.311. The first-order valence-electron chi connectivity index (χ1n) is 14.7. The van der Waals surface area contributed by atoms with Gasteiger partial charge in [0.05, 0.1) is 52.7 Å². The molecule has 42 heavy (non-hydrogen) atoms. The monoisotopic (exact) mass is 577 g/mol. The van der Waals surface area contributed by atoms with Crippen molar-refractivity contribution in [1.29, 1.82) is 0 Å². The fourth-order valence-electron chi connectivity index (χ4n) is 5.26. The fourth-order valence-corrected chi connectivity index (χ4v) is 5.26. The summed E-state index contributed by atoms with van der Waals surface area (Å²) in [6.07, 6.45) is 2.87. The largest absolute Gasteiger partial charge is 0.493 e. The lowest BCUT2D eigenvalue weighted by molar-refractivity contribution is -0.142. The number of carbonyl (C=O) groups is 2. The van der Waals surface area contributed by atoms with Crippen LogP contribution in [-0.4, -0.2) is 93.2 Å². The Balaban J connectivity index is 1.52. The number of furan rings is 1. The summed E-state index contributed by atoms with van der Waals surface area (Å²) in [5, 5.41) is 0. The lowest BCUT2D eigenvalue weighted by Gasteiger charge is -2.33. The first kappa shape index (κ1) is 31.1. The van der Waals surface area contributed by atoms with Gasteiger partial charge in [-0.15, -0.1) is 0 Å². The summed E-state index contributed by atoms with van der Waals surface area (Å²) >= 11 is 0. The molecule has 0 radical (unpaired) electrons. The van der Waals surface area contributed by atoms with Gasteiger partial charge in [-0.2, -0.15) is 0 Å². The maximum atomic E-state index is 14.0. The van der Waals surface area contributed by atoms with Gasteiger partial charge in [-0.25, -0.2) is 0 Å². The maximum Gasteiger partial charge on any atom is 0.242 e. The van der Waals surface area contributed by atoms with Crippen molar-refractivity contribution < 1.29 is 28.2 Å². The van der Waals surface area contributed by atoms with Gasteiger partial charge in [-0.3, -0.25) is 14.5 Å². The number of hydrogen-bond donors (Lipinski definition) is 0. The average molecular weight is 578 g/mol. The molecule has 1 atom stereocenters. The van der Waals surface area contributed by atoms with Crippen molar-refractivity contribution in [2.24, 2.45) is 0 Å². The number of rotatable bonds is 15. The van der Waals surface area contributed by atoms with E-state index in [1.54, 1.807) is 30.3 Å². The number of carbonyl (C=O) groups excluding carboxylic acids is 2. The van der Waals surface area contributed by atoms with Crippen LogP contribution in [0.1, 0.15) is 36.1 Å². The second-order valence-corrected chi connectivity index (χ2v) is 10.4. The highest BCUT2D eigenvalue weighted by molar-refractivity contribution is 5.88. The molecule has 2 aromatic carbocycles. The van der Waals surface area contributed by atoms with Crippen LogP contribution in [0.4, 0.5) is 0 Å². The summed E-state index contributed by atoms with van der Waals surface area (Å²) in [5.41, 5.74) is 1.98. The molecule has 1 aliphatic rings. The van der Waals surface area contributed by atoms with Gasteiger partial charge in [0.2, 0.25) is 11.8 Å². The van der Waals surface area contributed by atoms with E-state index in [-0.39, 0.29) is 24.3 Å². The van der Waals surface area contributed by atoms with Gasteiger partial charge in [0.1, 0.15) is 5.76 Å². The van der Waals surface area contributed by atoms with Crippen LogP contribution in [-0.2, 0) is 27.3 Å². The molecule has 1 aromatic heterocycles. The molecule has 9 nitrogen and oxygen atoms in total. The molecule has 0 bridgehead atoms. The average Bonchev–Trinajstić information content (AvgIpc) is 3.55. The van der Waals surface area contributed by atoms with Crippen molar-refractivity contribution in [2.75, 3.05) is 66.7 Å². The van der Waals surface area contributed by atoms with Crippen LogP contribution in [0.25, 0.3) is 0 Å². The molecule has 0 saturated carbocycles. The molecule has 1 fully saturated rings. The van der Waals surface area contributed by atoms with Crippen LogP contribution in [0.2, 0.25) is 0 Å². The molecule has 1 aliphatic heterocycles. The number of benzene rings is 2. The van der Waals surface area contributed by atoms with Crippen molar-refractivity contribution in [3.05, 3.63) is 83.8 Å². The number of hydrogen-bond acceptors (Lipinski definition) is 7. The van der Waals surface area contributed by atoms with Crippen LogP contribution in [0.5, 0.6) is 11.5 Å². The summed E-state index contributed by atoms with van der Waals surface area (Å²) in [7, 11) is 3.21. The van der Waals surface area contributed by atoms with E-state index in [1.807, 2.05) is 67.6 Å². The van der Waals surface area contributed by atoms with Gasteiger partial charge in [-0.05, 0) is 48.2 Å². The van der Waals surface area contributed by atoms with Crippen molar-refractivity contribution in [3.63, 3.8) is 0 Å². The van der Waals surface area contributed by atoms with Crippen molar-refractivity contribution >= 4 is 11.8 Å². The third-order valence-electron chi connectivity index (χ3n) is 7.73. The lowest BCUT2D eigenvalue weighted by Crippen LogP contribution is -2.48. The van der Waals surface area contributed by atoms with Crippen molar-refractivity contribution in [1.82, 2.24) is 14.7 Å².